The van der Waals surface area contributed by atoms with E-state index in [1.165, 1.54) is 16.5 Å². The van der Waals surface area contributed by atoms with E-state index >= 15 is 0 Å². The standard InChI is InChI=1S/C18H25N5O/c24-18(20-11-14-5-8-21-22-14)23-9-6-13(7-10-23)16-12-19-17-4-2-1-3-15(16)17/h1-4,12-14,19,21-22H,5-11H2,(H,20,24). The molecule has 6 nitrogen and oxygen atoms in total. The highest BCUT2D eigenvalue weighted by Gasteiger charge is 2.26. The van der Waals surface area contributed by atoms with Gasteiger partial charge in [-0.25, -0.2) is 4.79 Å². The summed E-state index contributed by atoms with van der Waals surface area (Å²) in [6.45, 7) is 3.31. The number of para-hydroxylation sites is 1. The highest BCUT2D eigenvalue weighted by Crippen LogP contribution is 2.32. The van der Waals surface area contributed by atoms with Gasteiger partial charge in [-0.3, -0.25) is 10.9 Å². The van der Waals surface area contributed by atoms with Crippen LogP contribution < -0.4 is 16.2 Å². The maximum Gasteiger partial charge on any atom is 0.317 e. The van der Waals surface area contributed by atoms with Crippen LogP contribution in [-0.4, -0.2) is 48.1 Å². The maximum absolute atomic E-state index is 12.3. The van der Waals surface area contributed by atoms with Gasteiger partial charge in [0, 0.05) is 49.3 Å². The van der Waals surface area contributed by atoms with Gasteiger partial charge in [0.05, 0.1) is 0 Å². The van der Waals surface area contributed by atoms with E-state index in [0.29, 0.717) is 18.5 Å². The van der Waals surface area contributed by atoms with Gasteiger partial charge in [0.25, 0.3) is 0 Å². The number of hydrogen-bond acceptors (Lipinski definition) is 3. The van der Waals surface area contributed by atoms with E-state index in [2.05, 4.69) is 51.6 Å². The third kappa shape index (κ3) is 3.12. The van der Waals surface area contributed by atoms with Crippen LogP contribution in [0, 0.1) is 0 Å². The van der Waals surface area contributed by atoms with Gasteiger partial charge in [-0.2, -0.15) is 0 Å². The van der Waals surface area contributed by atoms with Crippen LogP contribution >= 0.6 is 0 Å². The number of carbonyl (C=O) groups is 1. The molecule has 2 amide bonds. The topological polar surface area (TPSA) is 72.2 Å². The Hall–Kier alpha value is -2.05. The number of rotatable bonds is 3. The number of hydrogen-bond donors (Lipinski definition) is 4. The summed E-state index contributed by atoms with van der Waals surface area (Å²) in [7, 11) is 0. The van der Waals surface area contributed by atoms with Crippen molar-refractivity contribution in [3.63, 3.8) is 0 Å². The summed E-state index contributed by atoms with van der Waals surface area (Å²) in [5.74, 6) is 0.533. The first kappa shape index (κ1) is 15.5. The van der Waals surface area contributed by atoms with E-state index in [9.17, 15) is 4.79 Å². The van der Waals surface area contributed by atoms with E-state index < -0.39 is 0 Å². The van der Waals surface area contributed by atoms with Crippen molar-refractivity contribution in [2.75, 3.05) is 26.2 Å². The van der Waals surface area contributed by atoms with Gasteiger partial charge in [0.1, 0.15) is 0 Å². The summed E-state index contributed by atoms with van der Waals surface area (Å²) in [5, 5.41) is 4.37. The predicted octanol–water partition coefficient (Wildman–Crippen LogP) is 1.92. The van der Waals surface area contributed by atoms with Crippen molar-refractivity contribution in [2.45, 2.75) is 31.2 Å². The van der Waals surface area contributed by atoms with Crippen LogP contribution in [0.15, 0.2) is 30.5 Å². The van der Waals surface area contributed by atoms with Crippen LogP contribution in [0.25, 0.3) is 10.9 Å². The molecule has 1 unspecified atom stereocenters. The molecule has 2 fully saturated rings. The highest BCUT2D eigenvalue weighted by molar-refractivity contribution is 5.83. The van der Waals surface area contributed by atoms with Gasteiger partial charge in [-0.1, -0.05) is 18.2 Å². The molecular weight excluding hydrogens is 302 g/mol. The third-order valence-corrected chi connectivity index (χ3v) is 5.27. The lowest BCUT2D eigenvalue weighted by molar-refractivity contribution is 0.180. The normalized spacial score (nSPS) is 22.2. The molecule has 0 radical (unpaired) electrons. The Morgan fingerprint density at radius 3 is 2.83 bits per heavy atom. The lowest BCUT2D eigenvalue weighted by Crippen LogP contribution is -2.48. The summed E-state index contributed by atoms with van der Waals surface area (Å²) in [6.07, 6.45) is 5.25. The molecule has 0 bridgehead atoms. The van der Waals surface area contributed by atoms with Crippen molar-refractivity contribution >= 4 is 16.9 Å². The Labute approximate surface area is 142 Å². The molecule has 2 aliphatic rings. The molecule has 24 heavy (non-hydrogen) atoms. The average molecular weight is 327 g/mol. The van der Waals surface area contributed by atoms with Gasteiger partial charge in [-0.05, 0) is 36.8 Å². The number of carbonyl (C=O) groups excluding carboxylic acids is 1. The lowest BCUT2D eigenvalue weighted by Gasteiger charge is -2.32. The van der Waals surface area contributed by atoms with Crippen LogP contribution in [0.2, 0.25) is 0 Å². The number of nitrogens with one attached hydrogen (secondary N) is 4. The summed E-state index contributed by atoms with van der Waals surface area (Å²) in [5.41, 5.74) is 8.86. The van der Waals surface area contributed by atoms with Crippen molar-refractivity contribution in [3.05, 3.63) is 36.0 Å². The zero-order valence-electron chi connectivity index (χ0n) is 13.8. The molecule has 1 aromatic heterocycles. The predicted molar refractivity (Wildman–Crippen MR) is 94.8 cm³/mol. The summed E-state index contributed by atoms with van der Waals surface area (Å²) < 4.78 is 0. The number of H-pyrrole nitrogens is 1. The molecule has 3 heterocycles. The Morgan fingerprint density at radius 2 is 2.04 bits per heavy atom. The first-order chi connectivity index (χ1) is 11.8. The SMILES string of the molecule is O=C(NCC1CCNN1)N1CCC(c2c[nH]c3ccccc23)CC1. The van der Waals surface area contributed by atoms with E-state index in [4.69, 9.17) is 0 Å². The number of aromatic nitrogens is 1. The fourth-order valence-corrected chi connectivity index (χ4v) is 3.84. The Kier molecular flexibility index (Phi) is 4.40. The molecule has 1 atom stereocenters. The Bertz CT molecular complexity index is 698. The van der Waals surface area contributed by atoms with Crippen molar-refractivity contribution in [2.24, 2.45) is 0 Å². The number of benzene rings is 1. The number of aromatic amines is 1. The van der Waals surface area contributed by atoms with Gasteiger partial charge in [0.2, 0.25) is 0 Å². The molecule has 0 saturated carbocycles. The smallest absolute Gasteiger partial charge is 0.317 e. The molecule has 0 aliphatic carbocycles. The van der Waals surface area contributed by atoms with Crippen LogP contribution in [0.3, 0.4) is 0 Å². The molecule has 0 spiro atoms. The van der Waals surface area contributed by atoms with E-state index in [1.807, 2.05) is 4.90 Å². The molecule has 2 aliphatic heterocycles. The second-order valence-electron chi connectivity index (χ2n) is 6.79. The summed E-state index contributed by atoms with van der Waals surface area (Å²) >= 11 is 0. The third-order valence-electron chi connectivity index (χ3n) is 5.27. The number of hydrazine groups is 1. The summed E-state index contributed by atoms with van der Waals surface area (Å²) in [6, 6.07) is 8.87. The lowest BCUT2D eigenvalue weighted by atomic mass is 9.89. The van der Waals surface area contributed by atoms with Gasteiger partial charge in [-0.15, -0.1) is 0 Å². The first-order valence-corrected chi connectivity index (χ1v) is 8.88. The highest BCUT2D eigenvalue weighted by atomic mass is 16.2. The Morgan fingerprint density at radius 1 is 1.21 bits per heavy atom. The fourth-order valence-electron chi connectivity index (χ4n) is 3.84. The van der Waals surface area contributed by atoms with Gasteiger partial charge < -0.3 is 15.2 Å². The van der Waals surface area contributed by atoms with E-state index in [-0.39, 0.29) is 6.03 Å². The van der Waals surface area contributed by atoms with Crippen LogP contribution in [-0.2, 0) is 0 Å². The molecule has 1 aromatic carbocycles. The number of urea groups is 1. The van der Waals surface area contributed by atoms with Gasteiger partial charge >= 0.3 is 6.03 Å². The number of nitrogens with zero attached hydrogens (tertiary/aromatic N) is 1. The zero-order valence-corrected chi connectivity index (χ0v) is 13.8. The maximum atomic E-state index is 12.3. The van der Waals surface area contributed by atoms with Gasteiger partial charge in [0.15, 0.2) is 0 Å². The fraction of sp³-hybridized carbons (Fsp3) is 0.500. The first-order valence-electron chi connectivity index (χ1n) is 8.88. The molecule has 2 saturated heterocycles. The number of likely N-dealkylation sites (tertiary alicyclic amines) is 1. The van der Waals surface area contributed by atoms with Crippen LogP contribution in [0.5, 0.6) is 0 Å². The van der Waals surface area contributed by atoms with Crippen LogP contribution in [0.1, 0.15) is 30.7 Å². The van der Waals surface area contributed by atoms with Crippen molar-refractivity contribution < 1.29 is 4.79 Å². The Balaban J connectivity index is 1.32. The van der Waals surface area contributed by atoms with E-state index in [1.54, 1.807) is 0 Å². The minimum absolute atomic E-state index is 0.0704. The van der Waals surface area contributed by atoms with Crippen molar-refractivity contribution in [1.29, 1.82) is 0 Å². The number of fused-ring (bicyclic) bond motifs is 1. The molecule has 6 heteroatoms. The average Bonchev–Trinajstić information content (AvgIpc) is 3.29. The second kappa shape index (κ2) is 6.83. The van der Waals surface area contributed by atoms with Crippen molar-refractivity contribution in [1.82, 2.24) is 26.1 Å². The molecule has 4 N–H and O–H groups in total. The number of amides is 2. The number of piperidine rings is 1. The molecule has 4 rings (SSSR count). The van der Waals surface area contributed by atoms with Crippen LogP contribution in [0.4, 0.5) is 4.79 Å². The largest absolute Gasteiger partial charge is 0.361 e. The second-order valence-corrected chi connectivity index (χ2v) is 6.79. The monoisotopic (exact) mass is 327 g/mol. The molecular formula is C18H25N5O. The molecule has 128 valence electrons. The van der Waals surface area contributed by atoms with Crippen molar-refractivity contribution in [3.8, 4) is 0 Å². The van der Waals surface area contributed by atoms with E-state index in [0.717, 1.165) is 38.9 Å². The summed E-state index contributed by atoms with van der Waals surface area (Å²) in [4.78, 5) is 17.6. The quantitative estimate of drug-likeness (QED) is 0.696. The minimum Gasteiger partial charge on any atom is -0.361 e. The zero-order chi connectivity index (χ0) is 16.4. The minimum atomic E-state index is 0.0704. The molecule has 2 aromatic rings.